The monoisotopic (exact) mass is 1030 g/mol. The number of ether oxygens (including phenoxy) is 5. The van der Waals surface area contributed by atoms with Crippen molar-refractivity contribution in [2.75, 3.05) is 86.6 Å². The number of nitrogens with zero attached hydrogens (tertiary/aromatic N) is 4. The minimum atomic E-state index is -4.52. The summed E-state index contributed by atoms with van der Waals surface area (Å²) in [4.78, 5) is 77.2. The first-order valence-corrected chi connectivity index (χ1v) is 26.2. The number of alkyl halides is 3. The summed E-state index contributed by atoms with van der Waals surface area (Å²) in [6.07, 6.45) is 7.94. The van der Waals surface area contributed by atoms with E-state index in [9.17, 15) is 37.1 Å². The number of unbranched alkanes of at least 4 members (excludes halogenated alkanes) is 1. The normalized spacial score (nSPS) is 26.4. The summed E-state index contributed by atoms with van der Waals surface area (Å²) in [5.74, 6) is -1.06. The molecule has 3 aliphatic heterocycles. The van der Waals surface area contributed by atoms with Crippen molar-refractivity contribution in [3.05, 3.63) is 59.2 Å². The van der Waals surface area contributed by atoms with E-state index in [0.717, 1.165) is 30.7 Å². The second-order valence-electron chi connectivity index (χ2n) is 20.2. The highest BCUT2D eigenvalue weighted by atomic mass is 19.4. The largest absolute Gasteiger partial charge is 0.417 e. The third-order valence-corrected chi connectivity index (χ3v) is 15.3. The van der Waals surface area contributed by atoms with Crippen LogP contribution < -0.4 is 21.3 Å². The summed E-state index contributed by atoms with van der Waals surface area (Å²) in [7, 11) is 3.37. The number of pyridine rings is 2. The van der Waals surface area contributed by atoms with Crippen LogP contribution >= 0.6 is 0 Å². The lowest BCUT2D eigenvalue weighted by Crippen LogP contribution is -2.51. The first kappa shape index (κ1) is 55.9. The van der Waals surface area contributed by atoms with Crippen LogP contribution in [0.15, 0.2) is 36.8 Å². The predicted octanol–water partition coefficient (Wildman–Crippen LogP) is 4.05. The van der Waals surface area contributed by atoms with Gasteiger partial charge >= 0.3 is 6.18 Å². The van der Waals surface area contributed by atoms with Crippen molar-refractivity contribution in [2.24, 2.45) is 17.3 Å². The van der Waals surface area contributed by atoms with Crippen molar-refractivity contribution in [2.45, 2.75) is 133 Å². The van der Waals surface area contributed by atoms with Gasteiger partial charge < -0.3 is 54.8 Å². The van der Waals surface area contributed by atoms with Gasteiger partial charge in [0.15, 0.2) is 0 Å². The molecule has 2 aromatic heterocycles. The van der Waals surface area contributed by atoms with Crippen LogP contribution in [0.5, 0.6) is 0 Å². The summed E-state index contributed by atoms with van der Waals surface area (Å²) in [6.45, 7) is 4.29. The first-order chi connectivity index (χ1) is 35.2. The van der Waals surface area contributed by atoms with Gasteiger partial charge in [0.25, 0.3) is 0 Å². The van der Waals surface area contributed by atoms with Gasteiger partial charge in [-0.2, -0.15) is 13.2 Å². The van der Waals surface area contributed by atoms with E-state index in [0.29, 0.717) is 141 Å². The van der Waals surface area contributed by atoms with Crippen LogP contribution in [0, 0.1) is 17.3 Å². The maximum atomic E-state index is 14.5. The Morgan fingerprint density at radius 1 is 0.904 bits per heavy atom. The number of halogens is 3. The van der Waals surface area contributed by atoms with E-state index in [1.54, 1.807) is 42.4 Å². The number of fused-ring (bicyclic) bond motifs is 1. The lowest BCUT2D eigenvalue weighted by molar-refractivity contribution is -0.144. The number of likely N-dealkylation sites (tertiary alicyclic amines) is 1. The number of carbonyl (C=O) groups is 5. The fourth-order valence-corrected chi connectivity index (χ4v) is 11.3. The minimum Gasteiger partial charge on any atom is -0.379 e. The number of hydrogen-bond donors (Lipinski definition) is 4. The number of amides is 5. The fourth-order valence-electron chi connectivity index (χ4n) is 11.3. The molecule has 2 aromatic rings. The third kappa shape index (κ3) is 15.6. The van der Waals surface area contributed by atoms with E-state index < -0.39 is 23.1 Å². The van der Waals surface area contributed by atoms with Crippen molar-refractivity contribution < 1.29 is 60.8 Å². The lowest BCUT2D eigenvalue weighted by atomic mass is 9.78. The highest BCUT2D eigenvalue weighted by Crippen LogP contribution is 2.45. The number of methoxy groups -OCH3 is 1. The Labute approximate surface area is 426 Å². The molecule has 6 atom stereocenters. The Hall–Kier alpha value is -4.80. The van der Waals surface area contributed by atoms with Crippen LogP contribution in [0.25, 0.3) is 0 Å². The molecule has 0 aromatic carbocycles. The molecule has 73 heavy (non-hydrogen) atoms. The summed E-state index contributed by atoms with van der Waals surface area (Å²) < 4.78 is 68.8. The molecule has 4 N–H and O–H groups in total. The zero-order valence-electron chi connectivity index (χ0n) is 42.4. The van der Waals surface area contributed by atoms with Crippen molar-refractivity contribution in [1.29, 1.82) is 0 Å². The number of carbonyl (C=O) groups excluding carboxylic acids is 5. The molecule has 18 nitrogen and oxygen atoms in total. The number of aromatic nitrogens is 2. The molecule has 0 unspecified atom stereocenters. The third-order valence-electron chi connectivity index (χ3n) is 15.3. The van der Waals surface area contributed by atoms with Crippen molar-refractivity contribution in [3.63, 3.8) is 0 Å². The van der Waals surface area contributed by atoms with E-state index in [1.165, 1.54) is 0 Å². The lowest BCUT2D eigenvalue weighted by Gasteiger charge is -2.38. The molecule has 21 heteroatoms. The Morgan fingerprint density at radius 2 is 1.66 bits per heavy atom. The van der Waals surface area contributed by atoms with Crippen LogP contribution in [0.2, 0.25) is 0 Å². The van der Waals surface area contributed by atoms with Gasteiger partial charge in [-0.05, 0) is 87.5 Å². The van der Waals surface area contributed by atoms with Gasteiger partial charge in [0, 0.05) is 115 Å². The van der Waals surface area contributed by atoms with Crippen molar-refractivity contribution >= 4 is 29.5 Å². The summed E-state index contributed by atoms with van der Waals surface area (Å²) in [5, 5.41) is 12.8. The maximum Gasteiger partial charge on any atom is 0.417 e. The van der Waals surface area contributed by atoms with Gasteiger partial charge in [0.05, 0.1) is 75.3 Å². The zero-order chi connectivity index (χ0) is 51.8. The molecule has 2 aliphatic carbocycles. The van der Waals surface area contributed by atoms with Crippen LogP contribution in [-0.4, -0.2) is 160 Å². The van der Waals surface area contributed by atoms with E-state index in [4.69, 9.17) is 23.7 Å². The molecule has 2 saturated heterocycles. The molecule has 4 fully saturated rings. The van der Waals surface area contributed by atoms with Gasteiger partial charge in [0.1, 0.15) is 0 Å². The van der Waals surface area contributed by atoms with Crippen LogP contribution in [0.1, 0.15) is 112 Å². The van der Waals surface area contributed by atoms with E-state index in [-0.39, 0.29) is 91.7 Å². The average molecular weight is 1030 g/mol. The molecule has 5 heterocycles. The van der Waals surface area contributed by atoms with Crippen LogP contribution in [0.4, 0.5) is 13.2 Å². The Balaban J connectivity index is 0.731. The molecule has 404 valence electrons. The highest BCUT2D eigenvalue weighted by molar-refractivity contribution is 5.90. The number of nitrogens with one attached hydrogen (secondary N) is 4. The smallest absolute Gasteiger partial charge is 0.379 e. The van der Waals surface area contributed by atoms with Gasteiger partial charge in [-0.1, -0.05) is 12.5 Å². The van der Waals surface area contributed by atoms with Crippen molar-refractivity contribution in [3.8, 4) is 0 Å². The average Bonchev–Trinajstić information content (AvgIpc) is 3.95. The fraction of sp³-hybridized carbons (Fsp3) is 0.712. The Morgan fingerprint density at radius 3 is 2.40 bits per heavy atom. The topological polar surface area (TPSA) is 212 Å². The van der Waals surface area contributed by atoms with Gasteiger partial charge in [-0.25, -0.2) is 0 Å². The molecule has 7 rings (SSSR count). The molecule has 2 saturated carbocycles. The second-order valence-corrected chi connectivity index (χ2v) is 20.2. The molecule has 0 bridgehead atoms. The predicted molar refractivity (Wildman–Crippen MR) is 260 cm³/mol. The van der Waals surface area contributed by atoms with Gasteiger partial charge in [-0.3, -0.25) is 33.9 Å². The SMILES string of the molecule is CO[C@@H]1COCC[C@@H]1N[C@@H]1CC[C@](CCCCNC(=O)C2CCC(NC(=O)CCOCCOCCOCCNC(=O)[C@H]3CC(=O)N(C)[C@@H]3c3cccnc3)CC2)(C(=O)N2CCc3ncc(C(F)(F)F)cc3C2)C1. The number of hydrogen-bond acceptors (Lipinski definition) is 13. The first-order valence-electron chi connectivity index (χ1n) is 26.2. The summed E-state index contributed by atoms with van der Waals surface area (Å²) in [6, 6.07) is 4.59. The van der Waals surface area contributed by atoms with Gasteiger partial charge in [-0.15, -0.1) is 0 Å². The van der Waals surface area contributed by atoms with E-state index in [1.807, 2.05) is 6.07 Å². The standard InChI is InChI=1S/C52H75F3N8O10/c1-62-46(65)29-41(47(62)36-6-5-17-56-31-36)49(67)58-19-23-71-25-27-72-26-24-70-22-14-45(64)61-39-9-7-35(8-10-39)48(66)57-18-4-3-15-51(16-11-40(30-51)60-43-13-21-73-34-44(43)69-2)50(68)63-20-12-42-37(33-63)28-38(32-59-42)52(53,54)55/h5-6,17,28,31-32,35,39-41,43-44,47,60H,3-4,7-16,18-27,29-30,33-34H2,1-2H3,(H,57,66)(H,58,67)(H,61,64)/t35?,39?,40-,41+,43+,44-,47-,51+/m1/s1. The second kappa shape index (κ2) is 27.1. The Bertz CT molecular complexity index is 2130. The van der Waals surface area contributed by atoms with Crippen molar-refractivity contribution in [1.82, 2.24) is 41.0 Å². The molecular weight excluding hydrogens is 954 g/mol. The summed E-state index contributed by atoms with van der Waals surface area (Å²) in [5.41, 5.74) is 0.365. The molecule has 5 aliphatic rings. The summed E-state index contributed by atoms with van der Waals surface area (Å²) >= 11 is 0. The molecule has 5 amide bonds. The minimum absolute atomic E-state index is 0.00220. The van der Waals surface area contributed by atoms with E-state index >= 15 is 0 Å². The highest BCUT2D eigenvalue weighted by Gasteiger charge is 2.48. The van der Waals surface area contributed by atoms with Crippen LogP contribution in [0.3, 0.4) is 0 Å². The zero-order valence-corrected chi connectivity index (χ0v) is 42.4. The molecule has 0 radical (unpaired) electrons. The number of rotatable bonds is 25. The Kier molecular flexibility index (Phi) is 20.8. The maximum absolute atomic E-state index is 14.5. The molecule has 0 spiro atoms. The molecular formula is C52H75F3N8O10. The van der Waals surface area contributed by atoms with E-state index in [2.05, 4.69) is 31.2 Å². The van der Waals surface area contributed by atoms with Crippen LogP contribution in [-0.2, 0) is 66.8 Å². The van der Waals surface area contributed by atoms with Gasteiger partial charge in [0.2, 0.25) is 29.5 Å². The quantitative estimate of drug-likeness (QED) is 0.104.